The third-order valence-corrected chi connectivity index (χ3v) is 5.02. The molecule has 5 heteroatoms. The minimum atomic E-state index is -3.68. The first-order valence-electron chi connectivity index (χ1n) is 9.07. The molecule has 0 aliphatic rings. The lowest BCUT2D eigenvalue weighted by molar-refractivity contribution is 0.122. The van der Waals surface area contributed by atoms with Crippen LogP contribution < -0.4 is 0 Å². The normalized spacial score (nSPS) is 14.4. The van der Waals surface area contributed by atoms with Gasteiger partial charge in [0.05, 0.1) is 12.7 Å². The molecule has 0 spiro atoms. The molecule has 1 aromatic carbocycles. The maximum absolute atomic E-state index is 11.8. The van der Waals surface area contributed by atoms with Crippen molar-refractivity contribution in [2.75, 3.05) is 6.35 Å². The highest BCUT2D eigenvalue weighted by atomic mass is 31.2. The summed E-state index contributed by atoms with van der Waals surface area (Å²) in [6.07, 6.45) is 5.98. The molecule has 1 unspecified atom stereocenters. The fourth-order valence-electron chi connectivity index (χ4n) is 2.55. The van der Waals surface area contributed by atoms with E-state index in [2.05, 4.69) is 45.1 Å². The molecule has 0 saturated heterocycles. The zero-order chi connectivity index (χ0) is 19.7. The van der Waals surface area contributed by atoms with Crippen molar-refractivity contribution in [2.45, 2.75) is 67.1 Å². The Bertz CT molecular complexity index is 685. The molecular weight excluding hydrogens is 347 g/mol. The van der Waals surface area contributed by atoms with Crippen LogP contribution in [-0.4, -0.2) is 17.3 Å². The van der Waals surface area contributed by atoms with E-state index in [-0.39, 0.29) is 12.5 Å². The highest BCUT2D eigenvalue weighted by molar-refractivity contribution is 7.52. The van der Waals surface area contributed by atoms with Crippen molar-refractivity contribution < 1.29 is 18.7 Å². The lowest BCUT2D eigenvalue weighted by Gasteiger charge is -2.15. The first-order chi connectivity index (χ1) is 12.1. The van der Waals surface area contributed by atoms with Gasteiger partial charge in [-0.05, 0) is 71.1 Å². The van der Waals surface area contributed by atoms with Gasteiger partial charge in [0.25, 0.3) is 0 Å². The van der Waals surface area contributed by atoms with Crippen molar-refractivity contribution in [3.8, 4) is 0 Å². The Hall–Kier alpha value is -1.19. The van der Waals surface area contributed by atoms with Gasteiger partial charge in [-0.1, -0.05) is 41.5 Å². The molecule has 26 heavy (non-hydrogen) atoms. The minimum Gasteiger partial charge on any atom is -0.364 e. The van der Waals surface area contributed by atoms with Gasteiger partial charge in [-0.25, -0.2) is 0 Å². The van der Waals surface area contributed by atoms with Crippen LogP contribution in [0.25, 0.3) is 6.08 Å². The molecule has 0 amide bonds. The number of ether oxygens (including phenoxy) is 1. The molecule has 0 saturated carbocycles. The predicted molar refractivity (Wildman–Crippen MR) is 109 cm³/mol. The third kappa shape index (κ3) is 9.49. The average Bonchev–Trinajstić information content (AvgIpc) is 2.47. The molecule has 0 bridgehead atoms. The Morgan fingerprint density at radius 3 is 2.54 bits per heavy atom. The van der Waals surface area contributed by atoms with Crippen LogP contribution in [0.2, 0.25) is 0 Å². The molecule has 0 heterocycles. The van der Waals surface area contributed by atoms with Gasteiger partial charge in [-0.15, -0.1) is 0 Å². The van der Waals surface area contributed by atoms with Crippen LogP contribution in [0, 0.1) is 6.92 Å². The highest BCUT2D eigenvalue weighted by Crippen LogP contribution is 2.43. The van der Waals surface area contributed by atoms with Crippen LogP contribution in [0.15, 0.2) is 35.4 Å². The quantitative estimate of drug-likeness (QED) is 0.386. The van der Waals surface area contributed by atoms with E-state index in [1.807, 2.05) is 13.0 Å². The van der Waals surface area contributed by atoms with E-state index in [9.17, 15) is 9.46 Å². The lowest BCUT2D eigenvalue weighted by atomic mass is 10.0. The Morgan fingerprint density at radius 2 is 1.96 bits per heavy atom. The fraction of sp³-hybridized carbons (Fsp3) is 0.524. The minimum absolute atomic E-state index is 0.293. The molecule has 1 aromatic rings. The van der Waals surface area contributed by atoms with Crippen LogP contribution in [0.5, 0.6) is 0 Å². The molecule has 0 aliphatic heterocycles. The number of aryl methyl sites for hydroxylation is 1. The summed E-state index contributed by atoms with van der Waals surface area (Å²) < 4.78 is 22.2. The van der Waals surface area contributed by atoms with Crippen molar-refractivity contribution in [1.82, 2.24) is 0 Å². The van der Waals surface area contributed by atoms with Crippen molar-refractivity contribution in [3.63, 3.8) is 0 Å². The van der Waals surface area contributed by atoms with Crippen molar-refractivity contribution >= 4 is 13.7 Å². The van der Waals surface area contributed by atoms with Gasteiger partial charge < -0.3 is 14.2 Å². The van der Waals surface area contributed by atoms with Crippen LogP contribution >= 0.6 is 7.60 Å². The van der Waals surface area contributed by atoms with Crippen LogP contribution in [0.1, 0.15) is 64.2 Å². The topological polar surface area (TPSA) is 55.8 Å². The van der Waals surface area contributed by atoms with Gasteiger partial charge in [-0.2, -0.15) is 0 Å². The summed E-state index contributed by atoms with van der Waals surface area (Å²) in [6.45, 7) is 12.2. The smallest absolute Gasteiger partial charge is 0.353 e. The van der Waals surface area contributed by atoms with Gasteiger partial charge in [0.15, 0.2) is 0 Å². The van der Waals surface area contributed by atoms with E-state index in [1.54, 1.807) is 13.8 Å². The number of rotatable bonds is 10. The maximum Gasteiger partial charge on any atom is 0.353 e. The maximum atomic E-state index is 11.8. The summed E-state index contributed by atoms with van der Waals surface area (Å²) in [5.41, 5.74) is 5.97. The second-order valence-electron chi connectivity index (χ2n) is 7.27. The summed E-state index contributed by atoms with van der Waals surface area (Å²) in [5.74, 6) is 0. The molecule has 146 valence electrons. The Kier molecular flexibility index (Phi) is 9.52. The number of benzene rings is 1. The van der Waals surface area contributed by atoms with Gasteiger partial charge >= 0.3 is 7.60 Å². The zero-order valence-corrected chi connectivity index (χ0v) is 17.8. The first kappa shape index (κ1) is 22.9. The van der Waals surface area contributed by atoms with Crippen LogP contribution in [0.3, 0.4) is 0 Å². The van der Waals surface area contributed by atoms with Gasteiger partial charge in [-0.3, -0.25) is 4.57 Å². The second kappa shape index (κ2) is 10.8. The molecular formula is C21H33O4P. The SMILES string of the molecule is CC(C)=CCC/C(C)=C/c1ccc(COCP(=O)(O)OC(C)C)c(C)c1. The highest BCUT2D eigenvalue weighted by Gasteiger charge is 2.21. The predicted octanol–water partition coefficient (Wildman–Crippen LogP) is 6.23. The molecule has 1 N–H and O–H groups in total. The van der Waals surface area contributed by atoms with Crippen molar-refractivity contribution in [1.29, 1.82) is 0 Å². The van der Waals surface area contributed by atoms with E-state index >= 15 is 0 Å². The molecule has 0 radical (unpaired) electrons. The zero-order valence-electron chi connectivity index (χ0n) is 16.9. The van der Waals surface area contributed by atoms with E-state index in [4.69, 9.17) is 9.26 Å². The Morgan fingerprint density at radius 1 is 1.27 bits per heavy atom. The lowest BCUT2D eigenvalue weighted by Crippen LogP contribution is -2.05. The Labute approximate surface area is 158 Å². The Balaban J connectivity index is 2.61. The van der Waals surface area contributed by atoms with Crippen LogP contribution in [0.4, 0.5) is 0 Å². The first-order valence-corrected chi connectivity index (χ1v) is 10.8. The summed E-state index contributed by atoms with van der Waals surface area (Å²) in [5, 5.41) is 0. The second-order valence-corrected chi connectivity index (χ2v) is 9.01. The van der Waals surface area contributed by atoms with Crippen molar-refractivity contribution in [3.05, 3.63) is 52.1 Å². The molecule has 0 aromatic heterocycles. The van der Waals surface area contributed by atoms with E-state index < -0.39 is 7.60 Å². The summed E-state index contributed by atoms with van der Waals surface area (Å²) in [7, 11) is -3.68. The number of hydrogen-bond donors (Lipinski definition) is 1. The summed E-state index contributed by atoms with van der Waals surface area (Å²) in [4.78, 5) is 9.68. The molecule has 0 fully saturated rings. The van der Waals surface area contributed by atoms with E-state index in [0.29, 0.717) is 6.61 Å². The largest absolute Gasteiger partial charge is 0.364 e. The summed E-state index contributed by atoms with van der Waals surface area (Å²) in [6, 6.07) is 6.18. The summed E-state index contributed by atoms with van der Waals surface area (Å²) >= 11 is 0. The van der Waals surface area contributed by atoms with Gasteiger partial charge in [0.1, 0.15) is 6.35 Å². The van der Waals surface area contributed by atoms with Crippen molar-refractivity contribution in [2.24, 2.45) is 0 Å². The average molecular weight is 380 g/mol. The molecule has 4 nitrogen and oxygen atoms in total. The number of allylic oxidation sites excluding steroid dienone is 3. The van der Waals surface area contributed by atoms with E-state index in [1.165, 1.54) is 11.1 Å². The van der Waals surface area contributed by atoms with E-state index in [0.717, 1.165) is 29.5 Å². The van der Waals surface area contributed by atoms with Crippen LogP contribution in [-0.2, 0) is 20.4 Å². The molecule has 1 rings (SSSR count). The molecule has 0 aliphatic carbocycles. The fourth-order valence-corrected chi connectivity index (χ4v) is 3.59. The standard InChI is InChI=1S/C21H33O4P/c1-16(2)8-7-9-18(5)12-20-10-11-21(19(6)13-20)14-24-15-26(22,23)25-17(3)4/h8,10-13,17H,7,9,14-15H2,1-6H3,(H,22,23)/b18-12+. The third-order valence-electron chi connectivity index (χ3n) is 3.76. The monoisotopic (exact) mass is 380 g/mol. The molecule has 1 atom stereocenters. The van der Waals surface area contributed by atoms with Gasteiger partial charge in [0, 0.05) is 0 Å². The van der Waals surface area contributed by atoms with Gasteiger partial charge in [0.2, 0.25) is 0 Å². The number of hydrogen-bond acceptors (Lipinski definition) is 3.